The minimum atomic E-state index is -3.94. The lowest BCUT2D eigenvalue weighted by Crippen LogP contribution is -2.32. The zero-order valence-corrected chi connectivity index (χ0v) is 19.6. The van der Waals surface area contributed by atoms with Crippen LogP contribution < -0.4 is 15.4 Å². The monoisotopic (exact) mass is 490 g/mol. The van der Waals surface area contributed by atoms with Crippen LogP contribution in [-0.4, -0.2) is 33.1 Å². The summed E-state index contributed by atoms with van der Waals surface area (Å²) in [6.45, 7) is 0.164. The summed E-state index contributed by atoms with van der Waals surface area (Å²) >= 11 is 1.48. The van der Waals surface area contributed by atoms with Gasteiger partial charge in [-0.25, -0.2) is 13.2 Å². The number of pyridine rings is 1. The molecule has 5 rings (SSSR count). The van der Waals surface area contributed by atoms with Crippen LogP contribution in [-0.2, 0) is 14.8 Å². The number of nitrogens with one attached hydrogen (secondary N) is 1. The number of fused-ring (bicyclic) bond motifs is 2. The van der Waals surface area contributed by atoms with Gasteiger partial charge in [0.1, 0.15) is 22.3 Å². The van der Waals surface area contributed by atoms with Gasteiger partial charge in [-0.3, -0.25) is 19.7 Å². The van der Waals surface area contributed by atoms with Gasteiger partial charge in [-0.2, -0.15) is 0 Å². The number of ether oxygens (including phenoxy) is 1. The van der Waals surface area contributed by atoms with E-state index in [-0.39, 0.29) is 11.6 Å². The second-order valence-corrected chi connectivity index (χ2v) is 10.1. The van der Waals surface area contributed by atoms with E-state index in [1.807, 2.05) is 30.3 Å². The Bertz CT molecular complexity index is 1650. The smallest absolute Gasteiger partial charge is 0.337 e. The summed E-state index contributed by atoms with van der Waals surface area (Å²) in [6, 6.07) is 19.1. The van der Waals surface area contributed by atoms with Gasteiger partial charge in [0, 0.05) is 27.1 Å². The third-order valence-electron chi connectivity index (χ3n) is 5.20. The fraction of sp³-hybridized carbons (Fsp3) is 0.0833. The molecule has 1 aromatic heterocycles. The van der Waals surface area contributed by atoms with E-state index in [1.54, 1.807) is 12.3 Å². The number of methoxy groups -OCH3 is 1. The molecule has 3 aromatic carbocycles. The van der Waals surface area contributed by atoms with E-state index in [9.17, 15) is 13.2 Å². The largest absolute Gasteiger partial charge is 0.465 e. The van der Waals surface area contributed by atoms with Gasteiger partial charge in [-0.1, -0.05) is 30.0 Å². The molecule has 4 aromatic rings. The van der Waals surface area contributed by atoms with Crippen LogP contribution in [0, 0.1) is 0 Å². The summed E-state index contributed by atoms with van der Waals surface area (Å²) in [5, 5.41) is 1.89. The molecule has 0 amide bonds. The number of sulfonamides is 1. The molecule has 170 valence electrons. The van der Waals surface area contributed by atoms with Gasteiger partial charge in [0.15, 0.2) is 0 Å². The van der Waals surface area contributed by atoms with Gasteiger partial charge >= 0.3 is 5.97 Å². The highest BCUT2D eigenvalue weighted by Gasteiger charge is 2.21. The normalized spacial score (nSPS) is 12.5. The molecule has 10 heteroatoms. The van der Waals surface area contributed by atoms with Gasteiger partial charge in [0.2, 0.25) is 0 Å². The van der Waals surface area contributed by atoms with Crippen LogP contribution in [0.1, 0.15) is 10.4 Å². The van der Waals surface area contributed by atoms with Crippen molar-refractivity contribution in [3.05, 3.63) is 89.2 Å². The molecule has 0 atom stereocenters. The number of benzene rings is 3. The van der Waals surface area contributed by atoms with E-state index in [2.05, 4.69) is 24.4 Å². The second kappa shape index (κ2) is 8.88. The molecule has 1 aliphatic rings. The third-order valence-corrected chi connectivity index (χ3v) is 7.71. The molecule has 0 bridgehead atoms. The number of carbonyl (C=O) groups is 1. The fourth-order valence-corrected chi connectivity index (χ4v) is 5.87. The molecule has 0 radical (unpaired) electrons. The molecule has 0 unspecified atom stereocenters. The average Bonchev–Trinajstić information content (AvgIpc) is 3.34. The van der Waals surface area contributed by atoms with Crippen molar-refractivity contribution in [2.45, 2.75) is 14.7 Å². The van der Waals surface area contributed by atoms with Crippen molar-refractivity contribution in [1.82, 2.24) is 4.98 Å². The van der Waals surface area contributed by atoms with E-state index in [4.69, 9.17) is 0 Å². The van der Waals surface area contributed by atoms with Crippen LogP contribution in [0.4, 0.5) is 5.69 Å². The Morgan fingerprint density at radius 3 is 2.50 bits per heavy atom. The molecule has 1 N–H and O–H groups in total. The van der Waals surface area contributed by atoms with Gasteiger partial charge in [-0.05, 0) is 48.5 Å². The summed E-state index contributed by atoms with van der Waals surface area (Å²) in [5.41, 5.74) is 1.51. The SMILES string of the molecule is COC(=O)c1ccc(NS(=O)(=O)c2ccc(Sc3cccc4cccnc34)c3c2=NCN=3)cc1. The van der Waals surface area contributed by atoms with Crippen LogP contribution in [0.5, 0.6) is 0 Å². The average molecular weight is 491 g/mol. The van der Waals surface area contributed by atoms with Crippen molar-refractivity contribution in [2.75, 3.05) is 18.5 Å². The highest BCUT2D eigenvalue weighted by atomic mass is 32.2. The molecule has 34 heavy (non-hydrogen) atoms. The maximum Gasteiger partial charge on any atom is 0.337 e. The highest BCUT2D eigenvalue weighted by Crippen LogP contribution is 2.31. The first kappa shape index (κ1) is 22.1. The van der Waals surface area contributed by atoms with E-state index in [0.717, 1.165) is 20.7 Å². The van der Waals surface area contributed by atoms with Crippen molar-refractivity contribution in [1.29, 1.82) is 0 Å². The van der Waals surface area contributed by atoms with Crippen LogP contribution in [0.2, 0.25) is 0 Å². The first-order valence-corrected chi connectivity index (χ1v) is 12.5. The summed E-state index contributed by atoms with van der Waals surface area (Å²) in [6.07, 6.45) is 1.75. The highest BCUT2D eigenvalue weighted by molar-refractivity contribution is 7.99. The molecule has 8 nitrogen and oxygen atoms in total. The Kier molecular flexibility index (Phi) is 5.76. The van der Waals surface area contributed by atoms with Crippen molar-refractivity contribution < 1.29 is 17.9 Å². The molecular formula is C24H18N4O4S2. The second-order valence-electron chi connectivity index (χ2n) is 7.32. The lowest BCUT2D eigenvalue weighted by atomic mass is 10.2. The van der Waals surface area contributed by atoms with Crippen molar-refractivity contribution in [3.63, 3.8) is 0 Å². The number of anilines is 1. The van der Waals surface area contributed by atoms with Crippen LogP contribution >= 0.6 is 11.8 Å². The number of carbonyl (C=O) groups excluding carboxylic acids is 1. The summed E-state index contributed by atoms with van der Waals surface area (Å²) in [4.78, 5) is 26.7. The number of hydrogen-bond donors (Lipinski definition) is 1. The van der Waals surface area contributed by atoms with E-state index >= 15 is 0 Å². The molecular weight excluding hydrogens is 472 g/mol. The standard InChI is InChI=1S/C24H18N4O4S2/c1-32-24(29)16-7-9-17(10-8-16)28-34(30,31)20-12-11-19(22-23(20)27-14-26-22)33-18-6-2-4-15-5-3-13-25-21(15)18/h2-13,28H,14H2,1H3. The lowest BCUT2D eigenvalue weighted by molar-refractivity contribution is 0.0600. The number of nitrogens with zero attached hydrogens (tertiary/aromatic N) is 3. The topological polar surface area (TPSA) is 110 Å². The molecule has 1 aliphatic heterocycles. The minimum Gasteiger partial charge on any atom is -0.465 e. The summed E-state index contributed by atoms with van der Waals surface area (Å²) in [5.74, 6) is -0.498. The molecule has 0 aliphatic carbocycles. The number of esters is 1. The Morgan fingerprint density at radius 2 is 1.71 bits per heavy atom. The van der Waals surface area contributed by atoms with Gasteiger partial charge in [0.05, 0.1) is 18.2 Å². The Morgan fingerprint density at radius 1 is 0.941 bits per heavy atom. The van der Waals surface area contributed by atoms with Crippen molar-refractivity contribution in [3.8, 4) is 0 Å². The molecule has 0 spiro atoms. The number of hydrogen-bond acceptors (Lipinski definition) is 8. The molecule has 0 fully saturated rings. The maximum atomic E-state index is 13.2. The van der Waals surface area contributed by atoms with Gasteiger partial charge in [0.25, 0.3) is 10.0 Å². The van der Waals surface area contributed by atoms with E-state index in [0.29, 0.717) is 22.0 Å². The molecule has 0 saturated heterocycles. The van der Waals surface area contributed by atoms with Gasteiger partial charge in [-0.15, -0.1) is 0 Å². The number of para-hydroxylation sites is 1. The van der Waals surface area contributed by atoms with E-state index in [1.165, 1.54) is 49.2 Å². The Labute approximate surface area is 199 Å². The predicted molar refractivity (Wildman–Crippen MR) is 128 cm³/mol. The van der Waals surface area contributed by atoms with Crippen LogP contribution in [0.3, 0.4) is 0 Å². The van der Waals surface area contributed by atoms with Crippen molar-refractivity contribution >= 4 is 44.3 Å². The number of rotatable bonds is 6. The minimum absolute atomic E-state index is 0.0428. The van der Waals surface area contributed by atoms with Crippen molar-refractivity contribution in [2.24, 2.45) is 9.98 Å². The predicted octanol–water partition coefficient (Wildman–Crippen LogP) is 3.18. The fourth-order valence-electron chi connectivity index (χ4n) is 3.60. The maximum absolute atomic E-state index is 13.2. The molecule has 0 saturated carbocycles. The lowest BCUT2D eigenvalue weighted by Gasteiger charge is -2.10. The quantitative estimate of drug-likeness (QED) is 0.416. The molecule has 2 heterocycles. The Balaban J connectivity index is 1.48. The van der Waals surface area contributed by atoms with Crippen LogP contribution in [0.25, 0.3) is 10.9 Å². The third kappa shape index (κ3) is 4.13. The van der Waals surface area contributed by atoms with Gasteiger partial charge < -0.3 is 4.74 Å². The summed E-state index contributed by atoms with van der Waals surface area (Å²) in [7, 11) is -2.66. The van der Waals surface area contributed by atoms with Crippen LogP contribution in [0.15, 0.2) is 97.6 Å². The zero-order chi connectivity index (χ0) is 23.7. The number of aromatic nitrogens is 1. The van der Waals surface area contributed by atoms with E-state index < -0.39 is 16.0 Å². The first-order chi connectivity index (χ1) is 16.5. The first-order valence-electron chi connectivity index (χ1n) is 10.2. The zero-order valence-electron chi connectivity index (χ0n) is 17.9. The summed E-state index contributed by atoms with van der Waals surface area (Å²) < 4.78 is 33.5. The Hall–Kier alpha value is -3.76.